The number of H-pyrrole nitrogens is 1. The van der Waals surface area contributed by atoms with Gasteiger partial charge in [0.2, 0.25) is 0 Å². The number of nitrogens with one attached hydrogen (secondary N) is 1. The Hall–Kier alpha value is -2.15. The summed E-state index contributed by atoms with van der Waals surface area (Å²) in [5.41, 5.74) is 1.43. The van der Waals surface area contributed by atoms with E-state index in [1.807, 2.05) is 6.07 Å². The summed E-state index contributed by atoms with van der Waals surface area (Å²) in [6.07, 6.45) is 0.691. The first-order valence-electron chi connectivity index (χ1n) is 3.69. The van der Waals surface area contributed by atoms with E-state index < -0.39 is 0 Å². The molecular formula is C9H5N3O. The lowest BCUT2D eigenvalue weighted by molar-refractivity contribution is 0.112. The van der Waals surface area contributed by atoms with Gasteiger partial charge in [-0.1, -0.05) is 12.1 Å². The maximum atomic E-state index is 10.5. The molecule has 0 radical (unpaired) electrons. The molecule has 0 fully saturated rings. The molecule has 2 rings (SSSR count). The van der Waals surface area contributed by atoms with Crippen molar-refractivity contribution in [2.45, 2.75) is 0 Å². The van der Waals surface area contributed by atoms with Crippen molar-refractivity contribution in [2.75, 3.05) is 0 Å². The number of para-hydroxylation sites is 1. The van der Waals surface area contributed by atoms with Crippen LogP contribution in [0.2, 0.25) is 0 Å². The van der Waals surface area contributed by atoms with Gasteiger partial charge in [0.15, 0.2) is 6.29 Å². The molecule has 0 saturated carbocycles. The van der Waals surface area contributed by atoms with E-state index in [-0.39, 0.29) is 0 Å². The van der Waals surface area contributed by atoms with Gasteiger partial charge in [0, 0.05) is 5.39 Å². The Kier molecular flexibility index (Phi) is 1.57. The van der Waals surface area contributed by atoms with Crippen molar-refractivity contribution in [2.24, 2.45) is 0 Å². The molecule has 0 bridgehead atoms. The number of hydrogen-bond acceptors (Lipinski definition) is 3. The van der Waals surface area contributed by atoms with Crippen LogP contribution < -0.4 is 0 Å². The van der Waals surface area contributed by atoms with Crippen LogP contribution in [0.5, 0.6) is 0 Å². The molecule has 13 heavy (non-hydrogen) atoms. The molecule has 0 aliphatic carbocycles. The second kappa shape index (κ2) is 2.72. The fraction of sp³-hybridized carbons (Fsp3) is 0. The number of hydrogen-bond donors (Lipinski definition) is 1. The summed E-state index contributed by atoms with van der Waals surface area (Å²) in [5.74, 6) is 0. The Labute approximate surface area is 73.8 Å². The lowest BCUT2D eigenvalue weighted by Gasteiger charge is -1.89. The molecule has 1 N–H and O–H groups in total. The summed E-state index contributed by atoms with van der Waals surface area (Å²) in [6.45, 7) is 0. The number of nitriles is 1. The van der Waals surface area contributed by atoms with E-state index >= 15 is 0 Å². The van der Waals surface area contributed by atoms with E-state index in [4.69, 9.17) is 5.26 Å². The molecule has 0 unspecified atom stereocenters. The Bertz CT molecular complexity index is 507. The molecule has 4 heteroatoms. The molecule has 62 valence electrons. The van der Waals surface area contributed by atoms with Gasteiger partial charge in [0.25, 0.3) is 0 Å². The fourth-order valence-corrected chi connectivity index (χ4v) is 1.24. The van der Waals surface area contributed by atoms with Crippen molar-refractivity contribution < 1.29 is 4.79 Å². The van der Waals surface area contributed by atoms with E-state index in [1.165, 1.54) is 0 Å². The van der Waals surface area contributed by atoms with Crippen molar-refractivity contribution in [3.05, 3.63) is 29.5 Å². The molecular weight excluding hydrogens is 166 g/mol. The first-order chi connectivity index (χ1) is 6.36. The number of aromatic amines is 1. The molecule has 0 saturated heterocycles. The van der Waals surface area contributed by atoms with Gasteiger partial charge in [0.05, 0.1) is 5.56 Å². The van der Waals surface area contributed by atoms with Crippen molar-refractivity contribution >= 4 is 17.2 Å². The van der Waals surface area contributed by atoms with Gasteiger partial charge in [0.1, 0.15) is 17.3 Å². The number of fused-ring (bicyclic) bond motifs is 1. The normalized spacial score (nSPS) is 9.77. The van der Waals surface area contributed by atoms with E-state index in [2.05, 4.69) is 10.2 Å². The molecule has 0 spiro atoms. The Balaban J connectivity index is 2.88. The maximum Gasteiger partial charge on any atom is 0.168 e. The van der Waals surface area contributed by atoms with Crippen LogP contribution in [-0.2, 0) is 0 Å². The minimum atomic E-state index is 0.409. The number of aromatic nitrogens is 2. The van der Waals surface area contributed by atoms with Crippen molar-refractivity contribution in [3.63, 3.8) is 0 Å². The van der Waals surface area contributed by atoms with Crippen LogP contribution in [0.25, 0.3) is 10.9 Å². The highest BCUT2D eigenvalue weighted by molar-refractivity contribution is 5.96. The summed E-state index contributed by atoms with van der Waals surface area (Å²) < 4.78 is 0. The van der Waals surface area contributed by atoms with E-state index in [1.54, 1.807) is 18.2 Å². The van der Waals surface area contributed by atoms with E-state index in [0.717, 1.165) is 0 Å². The topological polar surface area (TPSA) is 69.5 Å². The maximum absolute atomic E-state index is 10.5. The molecule has 4 nitrogen and oxygen atoms in total. The zero-order valence-electron chi connectivity index (χ0n) is 6.61. The van der Waals surface area contributed by atoms with Gasteiger partial charge in [-0.2, -0.15) is 10.4 Å². The summed E-state index contributed by atoms with van der Waals surface area (Å²) in [6, 6.07) is 7.15. The molecule has 1 heterocycles. The standard InChI is InChI=1S/C9H5N3O/c10-4-6-2-1-3-7-8(5-13)11-12-9(6)7/h1-3,5H,(H,11,12). The lowest BCUT2D eigenvalue weighted by atomic mass is 10.1. The number of aldehydes is 1. The predicted octanol–water partition coefficient (Wildman–Crippen LogP) is 1.25. The second-order valence-corrected chi connectivity index (χ2v) is 2.57. The number of nitrogens with zero attached hydrogens (tertiary/aromatic N) is 2. The van der Waals surface area contributed by atoms with Crippen LogP contribution in [0.3, 0.4) is 0 Å². The van der Waals surface area contributed by atoms with E-state index in [0.29, 0.717) is 28.4 Å². The van der Waals surface area contributed by atoms with Gasteiger partial charge < -0.3 is 0 Å². The van der Waals surface area contributed by atoms with Gasteiger partial charge >= 0.3 is 0 Å². The molecule has 0 aliphatic rings. The summed E-state index contributed by atoms with van der Waals surface area (Å²) in [5, 5.41) is 15.9. The highest BCUT2D eigenvalue weighted by Gasteiger charge is 2.06. The average molecular weight is 171 g/mol. The second-order valence-electron chi connectivity index (χ2n) is 2.57. The lowest BCUT2D eigenvalue weighted by Crippen LogP contribution is -1.78. The van der Waals surface area contributed by atoms with Crippen molar-refractivity contribution in [1.82, 2.24) is 10.2 Å². The number of rotatable bonds is 1. The molecule has 0 aliphatic heterocycles. The molecule has 2 aromatic rings. The highest BCUT2D eigenvalue weighted by atomic mass is 16.1. The number of benzene rings is 1. The van der Waals surface area contributed by atoms with E-state index in [9.17, 15) is 4.79 Å². The summed E-state index contributed by atoms with van der Waals surface area (Å²) in [7, 11) is 0. The molecule has 0 atom stereocenters. The third kappa shape index (κ3) is 0.983. The largest absolute Gasteiger partial charge is 0.296 e. The average Bonchev–Trinajstić information content (AvgIpc) is 2.60. The Morgan fingerprint density at radius 1 is 1.54 bits per heavy atom. The minimum Gasteiger partial charge on any atom is -0.296 e. The van der Waals surface area contributed by atoms with Gasteiger partial charge in [-0.3, -0.25) is 9.89 Å². The molecule has 0 amide bonds. The Morgan fingerprint density at radius 2 is 2.38 bits per heavy atom. The third-order valence-corrected chi connectivity index (χ3v) is 1.85. The smallest absolute Gasteiger partial charge is 0.168 e. The molecule has 1 aromatic carbocycles. The summed E-state index contributed by atoms with van der Waals surface area (Å²) >= 11 is 0. The zero-order chi connectivity index (χ0) is 9.26. The van der Waals surface area contributed by atoms with Crippen molar-refractivity contribution in [3.8, 4) is 6.07 Å². The minimum absolute atomic E-state index is 0.409. The summed E-state index contributed by atoms with van der Waals surface area (Å²) in [4.78, 5) is 10.5. The molecule has 1 aromatic heterocycles. The Morgan fingerprint density at radius 3 is 3.08 bits per heavy atom. The van der Waals surface area contributed by atoms with Crippen LogP contribution in [0.1, 0.15) is 16.1 Å². The van der Waals surface area contributed by atoms with Crippen LogP contribution >= 0.6 is 0 Å². The number of carbonyl (C=O) groups is 1. The van der Waals surface area contributed by atoms with Crippen LogP contribution in [0.4, 0.5) is 0 Å². The van der Waals surface area contributed by atoms with Gasteiger partial charge in [-0.15, -0.1) is 0 Å². The van der Waals surface area contributed by atoms with Crippen LogP contribution in [0.15, 0.2) is 18.2 Å². The van der Waals surface area contributed by atoms with Crippen molar-refractivity contribution in [1.29, 1.82) is 5.26 Å². The quantitative estimate of drug-likeness (QED) is 0.656. The number of carbonyl (C=O) groups excluding carboxylic acids is 1. The zero-order valence-corrected chi connectivity index (χ0v) is 6.61. The van der Waals surface area contributed by atoms with Crippen LogP contribution in [0, 0.1) is 11.3 Å². The fourth-order valence-electron chi connectivity index (χ4n) is 1.24. The monoisotopic (exact) mass is 171 g/mol. The first kappa shape index (κ1) is 7.50. The van der Waals surface area contributed by atoms with Gasteiger partial charge in [-0.25, -0.2) is 0 Å². The van der Waals surface area contributed by atoms with Crippen LogP contribution in [-0.4, -0.2) is 16.5 Å². The predicted molar refractivity (Wildman–Crippen MR) is 46.2 cm³/mol. The van der Waals surface area contributed by atoms with Gasteiger partial charge in [-0.05, 0) is 6.07 Å². The third-order valence-electron chi connectivity index (χ3n) is 1.85. The first-order valence-corrected chi connectivity index (χ1v) is 3.69. The highest BCUT2D eigenvalue weighted by Crippen LogP contribution is 2.17. The SMILES string of the molecule is N#Cc1cccc2c(C=O)[nH]nc12.